The monoisotopic (exact) mass is 403 g/mol. The number of carbonyl (C=O) groups excluding carboxylic acids is 1. The van der Waals surface area contributed by atoms with Crippen LogP contribution in [0, 0.1) is 13.8 Å². The minimum atomic E-state index is -0.221. The molecule has 10 heteroatoms. The Morgan fingerprint density at radius 1 is 1.19 bits per heavy atom. The largest absolute Gasteiger partial charge is 0.402 e. The van der Waals surface area contributed by atoms with E-state index in [9.17, 15) is 4.79 Å². The highest BCUT2D eigenvalue weighted by Crippen LogP contribution is 2.30. The van der Waals surface area contributed by atoms with Gasteiger partial charge in [-0.2, -0.15) is 0 Å². The molecule has 1 aromatic carbocycles. The molecule has 0 atom stereocenters. The molecule has 0 aliphatic carbocycles. The summed E-state index contributed by atoms with van der Waals surface area (Å²) in [6.45, 7) is 3.80. The first-order chi connectivity index (χ1) is 12.6. The lowest BCUT2D eigenvalue weighted by Gasteiger charge is -1.98. The van der Waals surface area contributed by atoms with Crippen LogP contribution in [0.15, 0.2) is 33.0 Å². The number of para-hydroxylation sites is 1. The van der Waals surface area contributed by atoms with Crippen LogP contribution in [0.1, 0.15) is 10.7 Å². The van der Waals surface area contributed by atoms with Gasteiger partial charge in [0.2, 0.25) is 5.91 Å². The Morgan fingerprint density at radius 3 is 2.81 bits per heavy atom. The number of amides is 1. The number of nitrogens with one attached hydrogen (secondary N) is 1. The Bertz CT molecular complexity index is 1050. The Labute approximate surface area is 160 Å². The number of thioether (sulfide) groups is 1. The minimum absolute atomic E-state index is 0.0837. The first-order valence-corrected chi connectivity index (χ1v) is 10.3. The van der Waals surface area contributed by atoms with E-state index in [0.717, 1.165) is 30.1 Å². The van der Waals surface area contributed by atoms with Crippen molar-refractivity contribution in [2.24, 2.45) is 0 Å². The summed E-state index contributed by atoms with van der Waals surface area (Å²) in [5.74, 6) is 0.361. The van der Waals surface area contributed by atoms with Crippen LogP contribution >= 0.6 is 34.4 Å². The van der Waals surface area contributed by atoms with Gasteiger partial charge in [0.1, 0.15) is 4.88 Å². The van der Waals surface area contributed by atoms with Crippen molar-refractivity contribution in [3.05, 3.63) is 35.0 Å². The number of anilines is 1. The van der Waals surface area contributed by atoms with E-state index in [2.05, 4.69) is 25.5 Å². The van der Waals surface area contributed by atoms with Crippen LogP contribution in [0.2, 0.25) is 0 Å². The van der Waals surface area contributed by atoms with Gasteiger partial charge in [0, 0.05) is 0 Å². The number of carbonyl (C=O) groups is 1. The van der Waals surface area contributed by atoms with E-state index >= 15 is 0 Å². The van der Waals surface area contributed by atoms with Crippen molar-refractivity contribution in [1.29, 1.82) is 0 Å². The molecule has 0 aliphatic rings. The number of thiazole rings is 2. The zero-order valence-corrected chi connectivity index (χ0v) is 16.3. The quantitative estimate of drug-likeness (QED) is 0.500. The van der Waals surface area contributed by atoms with Crippen molar-refractivity contribution in [3.8, 4) is 10.8 Å². The molecule has 26 heavy (non-hydrogen) atoms. The average molecular weight is 404 g/mol. The lowest BCUT2D eigenvalue weighted by molar-refractivity contribution is -0.113. The van der Waals surface area contributed by atoms with E-state index in [0.29, 0.717) is 5.89 Å². The van der Waals surface area contributed by atoms with Crippen LogP contribution in [-0.2, 0) is 4.79 Å². The lowest BCUT2D eigenvalue weighted by atomic mass is 10.3. The molecule has 4 aromatic rings. The second-order valence-electron chi connectivity index (χ2n) is 5.34. The molecule has 7 nitrogen and oxygen atoms in total. The molecule has 0 radical (unpaired) electrons. The van der Waals surface area contributed by atoms with E-state index < -0.39 is 0 Å². The fourth-order valence-electron chi connectivity index (χ4n) is 2.29. The molecule has 0 saturated carbocycles. The van der Waals surface area contributed by atoms with E-state index in [1.807, 2.05) is 38.1 Å². The maximum atomic E-state index is 12.1. The second-order valence-corrected chi connectivity index (χ2v) is 8.80. The lowest BCUT2D eigenvalue weighted by Crippen LogP contribution is -2.14. The molecule has 0 aliphatic heterocycles. The smallest absolute Gasteiger partial charge is 0.322 e. The molecule has 3 heterocycles. The third-order valence-electron chi connectivity index (χ3n) is 3.37. The second kappa shape index (κ2) is 7.14. The van der Waals surface area contributed by atoms with Crippen LogP contribution in [0.4, 0.5) is 6.01 Å². The fourth-order valence-corrected chi connectivity index (χ4v) is 5.00. The summed E-state index contributed by atoms with van der Waals surface area (Å²) in [6.07, 6.45) is 0. The summed E-state index contributed by atoms with van der Waals surface area (Å²) in [7, 11) is 0. The highest BCUT2D eigenvalue weighted by Gasteiger charge is 2.16. The van der Waals surface area contributed by atoms with Gasteiger partial charge in [-0.1, -0.05) is 29.0 Å². The maximum absolute atomic E-state index is 12.1. The summed E-state index contributed by atoms with van der Waals surface area (Å²) >= 11 is 4.42. The van der Waals surface area contributed by atoms with Gasteiger partial charge in [0.05, 0.1) is 26.7 Å². The molecule has 0 unspecified atom stereocenters. The standard InChI is InChI=1S/C16H13N5O2S3/c1-8-13(25-9(2)17-8)14-20-21-15(23-14)19-12(22)7-24-16-18-10-5-3-4-6-11(10)26-16/h3-6H,7H2,1-2H3,(H,19,21,22). The number of benzene rings is 1. The number of rotatable bonds is 5. The number of nitrogens with zero attached hydrogens (tertiary/aromatic N) is 4. The van der Waals surface area contributed by atoms with Crippen molar-refractivity contribution in [2.45, 2.75) is 18.2 Å². The fraction of sp³-hybridized carbons (Fsp3) is 0.188. The Hall–Kier alpha value is -2.30. The number of fused-ring (bicyclic) bond motifs is 1. The summed E-state index contributed by atoms with van der Waals surface area (Å²) in [5, 5.41) is 11.4. The highest BCUT2D eigenvalue weighted by molar-refractivity contribution is 8.01. The van der Waals surface area contributed by atoms with E-state index in [4.69, 9.17) is 4.42 Å². The third kappa shape index (κ3) is 3.62. The predicted octanol–water partition coefficient (Wildman–Crippen LogP) is 4.15. The van der Waals surface area contributed by atoms with E-state index in [1.54, 1.807) is 11.3 Å². The summed E-state index contributed by atoms with van der Waals surface area (Å²) in [4.78, 5) is 21.8. The SMILES string of the molecule is Cc1nc(C)c(-c2nnc(NC(=O)CSc3nc4ccccc4s3)o2)s1. The Balaban J connectivity index is 1.38. The minimum Gasteiger partial charge on any atom is -0.402 e. The van der Waals surface area contributed by atoms with E-state index in [1.165, 1.54) is 23.1 Å². The Kier molecular flexibility index (Phi) is 4.70. The summed E-state index contributed by atoms with van der Waals surface area (Å²) in [6, 6.07) is 7.98. The average Bonchev–Trinajstić information content (AvgIpc) is 3.31. The highest BCUT2D eigenvalue weighted by atomic mass is 32.2. The summed E-state index contributed by atoms with van der Waals surface area (Å²) in [5.41, 5.74) is 1.78. The van der Waals surface area contributed by atoms with Crippen LogP contribution in [-0.4, -0.2) is 31.8 Å². The summed E-state index contributed by atoms with van der Waals surface area (Å²) < 4.78 is 7.48. The van der Waals surface area contributed by atoms with Gasteiger partial charge in [-0.15, -0.1) is 27.8 Å². The van der Waals surface area contributed by atoms with Crippen molar-refractivity contribution in [1.82, 2.24) is 20.2 Å². The van der Waals surface area contributed by atoms with Crippen LogP contribution in [0.5, 0.6) is 0 Å². The van der Waals surface area contributed by atoms with Crippen molar-refractivity contribution in [3.63, 3.8) is 0 Å². The zero-order valence-electron chi connectivity index (χ0n) is 13.8. The van der Waals surface area contributed by atoms with Gasteiger partial charge in [-0.05, 0) is 26.0 Å². The van der Waals surface area contributed by atoms with Gasteiger partial charge in [-0.25, -0.2) is 9.97 Å². The first-order valence-electron chi connectivity index (χ1n) is 7.64. The Morgan fingerprint density at radius 2 is 2.04 bits per heavy atom. The number of aryl methyl sites for hydroxylation is 2. The molecule has 0 fully saturated rings. The van der Waals surface area contributed by atoms with Crippen molar-refractivity contribution < 1.29 is 9.21 Å². The number of hydrogen-bond acceptors (Lipinski definition) is 9. The first kappa shape index (κ1) is 17.1. The molecule has 0 saturated heterocycles. The topological polar surface area (TPSA) is 93.8 Å². The number of hydrogen-bond donors (Lipinski definition) is 1. The molecule has 4 rings (SSSR count). The van der Waals surface area contributed by atoms with E-state index in [-0.39, 0.29) is 17.7 Å². The molecule has 132 valence electrons. The molecular weight excluding hydrogens is 390 g/mol. The van der Waals surface area contributed by atoms with Crippen LogP contribution < -0.4 is 5.32 Å². The number of aromatic nitrogens is 4. The molecule has 1 N–H and O–H groups in total. The molecule has 1 amide bonds. The van der Waals surface area contributed by atoms with Crippen LogP contribution in [0.25, 0.3) is 21.0 Å². The molecule has 0 bridgehead atoms. The molecular formula is C16H13N5O2S3. The molecule has 3 aromatic heterocycles. The zero-order chi connectivity index (χ0) is 18.1. The van der Waals surface area contributed by atoms with Gasteiger partial charge in [0.15, 0.2) is 4.34 Å². The molecule has 0 spiro atoms. The van der Waals surface area contributed by atoms with Gasteiger partial charge in [0.25, 0.3) is 5.89 Å². The van der Waals surface area contributed by atoms with Gasteiger partial charge < -0.3 is 4.42 Å². The maximum Gasteiger partial charge on any atom is 0.322 e. The predicted molar refractivity (Wildman–Crippen MR) is 104 cm³/mol. The normalized spacial score (nSPS) is 11.2. The van der Waals surface area contributed by atoms with Crippen LogP contribution in [0.3, 0.4) is 0 Å². The van der Waals surface area contributed by atoms with Gasteiger partial charge in [-0.3, -0.25) is 10.1 Å². The third-order valence-corrected chi connectivity index (χ3v) is 6.61. The van der Waals surface area contributed by atoms with Crippen molar-refractivity contribution in [2.75, 3.05) is 11.1 Å². The van der Waals surface area contributed by atoms with Crippen molar-refractivity contribution >= 4 is 56.6 Å². The van der Waals surface area contributed by atoms with Gasteiger partial charge >= 0.3 is 6.01 Å².